The molecule has 11 aromatic rings. The maximum absolute atomic E-state index is 5.49. The molecule has 0 fully saturated rings. The van der Waals surface area contributed by atoms with Crippen molar-refractivity contribution in [2.75, 3.05) is 0 Å². The highest BCUT2D eigenvalue weighted by Gasteiger charge is 2.39. The molecule has 0 radical (unpaired) electrons. The fraction of sp³-hybridized carbons (Fsp3) is 0.0500. The number of fused-ring (bicyclic) bond motifs is 7. The second-order valence-corrected chi connectivity index (χ2v) is 17.1. The van der Waals surface area contributed by atoms with Crippen LogP contribution >= 0.6 is 0 Å². The van der Waals surface area contributed by atoms with Gasteiger partial charge in [0.15, 0.2) is 5.82 Å². The first-order chi connectivity index (χ1) is 31.0. The summed E-state index contributed by atoms with van der Waals surface area (Å²) in [6.45, 7) is 4.70. The van der Waals surface area contributed by atoms with Crippen LogP contribution in [0.15, 0.2) is 212 Å². The minimum absolute atomic E-state index is 0.217. The van der Waals surface area contributed by atoms with Crippen LogP contribution in [0.3, 0.4) is 0 Å². The van der Waals surface area contributed by atoms with Gasteiger partial charge in [-0.25, -0.2) is 15.0 Å². The Labute approximate surface area is 367 Å². The molecule has 3 nitrogen and oxygen atoms in total. The van der Waals surface area contributed by atoms with Gasteiger partial charge in [-0.1, -0.05) is 220 Å². The molecule has 12 rings (SSSR count). The lowest BCUT2D eigenvalue weighted by molar-refractivity contribution is 0.662. The van der Waals surface area contributed by atoms with Gasteiger partial charge in [-0.2, -0.15) is 0 Å². The van der Waals surface area contributed by atoms with Crippen molar-refractivity contribution in [2.24, 2.45) is 0 Å². The average molecular weight is 804 g/mol. The zero-order chi connectivity index (χ0) is 42.1. The van der Waals surface area contributed by atoms with Crippen LogP contribution in [0.4, 0.5) is 0 Å². The SMILES string of the molecule is CC1(C)c2ccccc2-c2nc3c(ccc4ccccc43)c(-c3ccc(-c4ccc(-c5cc(-c6ccccc6)nc(-c6ccc(-c7ccccc7)cc6)n5)c5ccccc45)cc3)c21. The van der Waals surface area contributed by atoms with Gasteiger partial charge in [0.1, 0.15) is 0 Å². The summed E-state index contributed by atoms with van der Waals surface area (Å²) in [6.07, 6.45) is 0. The minimum atomic E-state index is -0.217. The fourth-order valence-corrected chi connectivity index (χ4v) is 9.97. The molecule has 1 aliphatic rings. The van der Waals surface area contributed by atoms with Gasteiger partial charge in [0.2, 0.25) is 0 Å². The highest BCUT2D eigenvalue weighted by atomic mass is 14.9. The van der Waals surface area contributed by atoms with E-state index in [9.17, 15) is 0 Å². The van der Waals surface area contributed by atoms with Gasteiger partial charge in [-0.3, -0.25) is 0 Å². The van der Waals surface area contributed by atoms with Crippen molar-refractivity contribution in [3.8, 4) is 78.5 Å². The molecule has 2 aromatic heterocycles. The van der Waals surface area contributed by atoms with Gasteiger partial charge in [0, 0.05) is 38.4 Å². The molecule has 9 aromatic carbocycles. The molecule has 0 bridgehead atoms. The van der Waals surface area contributed by atoms with Crippen LogP contribution in [0.2, 0.25) is 0 Å². The van der Waals surface area contributed by atoms with E-state index >= 15 is 0 Å². The Morgan fingerprint density at radius 1 is 0.349 bits per heavy atom. The van der Waals surface area contributed by atoms with Gasteiger partial charge in [-0.05, 0) is 66.7 Å². The first-order valence-electron chi connectivity index (χ1n) is 21.7. The van der Waals surface area contributed by atoms with E-state index in [2.05, 4.69) is 214 Å². The molecule has 1 aliphatic carbocycles. The van der Waals surface area contributed by atoms with Crippen molar-refractivity contribution in [3.05, 3.63) is 223 Å². The second-order valence-electron chi connectivity index (χ2n) is 17.1. The van der Waals surface area contributed by atoms with Crippen LogP contribution in [0.5, 0.6) is 0 Å². The van der Waals surface area contributed by atoms with Gasteiger partial charge < -0.3 is 0 Å². The number of hydrogen-bond donors (Lipinski definition) is 0. The molecule has 0 N–H and O–H groups in total. The number of hydrogen-bond acceptors (Lipinski definition) is 3. The van der Waals surface area contributed by atoms with Crippen LogP contribution < -0.4 is 0 Å². The van der Waals surface area contributed by atoms with Crippen molar-refractivity contribution in [3.63, 3.8) is 0 Å². The highest BCUT2D eigenvalue weighted by Crippen LogP contribution is 2.54. The maximum Gasteiger partial charge on any atom is 0.160 e. The molecule has 0 saturated heterocycles. The van der Waals surface area contributed by atoms with Crippen LogP contribution in [0.1, 0.15) is 25.0 Å². The van der Waals surface area contributed by atoms with E-state index in [-0.39, 0.29) is 5.41 Å². The summed E-state index contributed by atoms with van der Waals surface area (Å²) in [6, 6.07) is 75.9. The lowest BCUT2D eigenvalue weighted by Gasteiger charge is -2.25. The first kappa shape index (κ1) is 36.8. The van der Waals surface area contributed by atoms with Gasteiger partial charge >= 0.3 is 0 Å². The average Bonchev–Trinajstić information content (AvgIpc) is 3.58. The normalized spacial score (nSPS) is 12.7. The summed E-state index contributed by atoms with van der Waals surface area (Å²) in [4.78, 5) is 15.9. The van der Waals surface area contributed by atoms with E-state index in [4.69, 9.17) is 15.0 Å². The standard InChI is InChI=1S/C60H41N3/c1-60(2)52-24-14-13-23-50(52)58-56(60)55(51-34-33-40-17-9-10-20-46(40)57(51)63-58)43-29-27-41(28-30-43)45-35-36-49(48-22-12-11-21-47(45)48)54-37-53(42-18-7-4-8-19-42)61-59(62-54)44-31-25-39(26-32-44)38-15-5-3-6-16-38/h3-37H,1-2H3. The van der Waals surface area contributed by atoms with Gasteiger partial charge in [0.05, 0.1) is 22.6 Å². The molecule has 296 valence electrons. The first-order valence-corrected chi connectivity index (χ1v) is 21.7. The highest BCUT2D eigenvalue weighted by molar-refractivity contribution is 6.13. The Hall–Kier alpha value is -8.01. The zero-order valence-electron chi connectivity index (χ0n) is 35.0. The predicted molar refractivity (Wildman–Crippen MR) is 263 cm³/mol. The van der Waals surface area contributed by atoms with Crippen LogP contribution in [0.25, 0.3) is 111 Å². The summed E-state index contributed by atoms with van der Waals surface area (Å²) in [5, 5.41) is 5.88. The number of aromatic nitrogens is 3. The zero-order valence-corrected chi connectivity index (χ0v) is 35.0. The Bertz CT molecular complexity index is 3550. The van der Waals surface area contributed by atoms with Crippen LogP contribution in [-0.4, -0.2) is 15.0 Å². The van der Waals surface area contributed by atoms with Crippen molar-refractivity contribution in [1.82, 2.24) is 15.0 Å². The van der Waals surface area contributed by atoms with Gasteiger partial charge in [0.25, 0.3) is 0 Å². The Morgan fingerprint density at radius 2 is 0.905 bits per heavy atom. The second kappa shape index (κ2) is 14.6. The quantitative estimate of drug-likeness (QED) is 0.157. The molecule has 0 atom stereocenters. The fourth-order valence-electron chi connectivity index (χ4n) is 9.97. The number of nitrogens with zero attached hydrogens (tertiary/aromatic N) is 3. The van der Waals surface area contributed by atoms with Crippen molar-refractivity contribution in [2.45, 2.75) is 19.3 Å². The summed E-state index contributed by atoms with van der Waals surface area (Å²) >= 11 is 0. The maximum atomic E-state index is 5.49. The third kappa shape index (κ3) is 6.07. The molecule has 3 heteroatoms. The summed E-state index contributed by atoms with van der Waals surface area (Å²) < 4.78 is 0. The van der Waals surface area contributed by atoms with Crippen molar-refractivity contribution in [1.29, 1.82) is 0 Å². The Kier molecular flexibility index (Phi) is 8.52. The van der Waals surface area contributed by atoms with E-state index in [0.29, 0.717) is 5.82 Å². The minimum Gasteiger partial charge on any atom is -0.247 e. The van der Waals surface area contributed by atoms with Crippen molar-refractivity contribution < 1.29 is 0 Å². The molecule has 0 spiro atoms. The van der Waals surface area contributed by atoms with Crippen LogP contribution in [0, 0.1) is 0 Å². The van der Waals surface area contributed by atoms with Crippen LogP contribution in [-0.2, 0) is 5.41 Å². The Morgan fingerprint density at radius 3 is 1.67 bits per heavy atom. The molecule has 0 amide bonds. The van der Waals surface area contributed by atoms with E-state index in [0.717, 1.165) is 55.8 Å². The third-order valence-electron chi connectivity index (χ3n) is 13.1. The number of rotatable bonds is 6. The molecule has 0 unspecified atom stereocenters. The molecule has 0 saturated carbocycles. The topological polar surface area (TPSA) is 38.7 Å². The monoisotopic (exact) mass is 803 g/mol. The van der Waals surface area contributed by atoms with E-state index in [1.807, 2.05) is 12.1 Å². The lowest BCUT2D eigenvalue weighted by atomic mass is 9.78. The number of benzene rings is 9. The number of pyridine rings is 1. The predicted octanol–water partition coefficient (Wildman–Crippen LogP) is 15.6. The molecular weight excluding hydrogens is 763 g/mol. The molecular formula is C60H41N3. The Balaban J connectivity index is 0.981. The van der Waals surface area contributed by atoms with Crippen molar-refractivity contribution >= 4 is 32.4 Å². The largest absolute Gasteiger partial charge is 0.247 e. The summed E-state index contributed by atoms with van der Waals surface area (Å²) in [5.74, 6) is 0.698. The molecule has 0 aliphatic heterocycles. The smallest absolute Gasteiger partial charge is 0.160 e. The molecule has 2 heterocycles. The molecule has 63 heavy (non-hydrogen) atoms. The third-order valence-corrected chi connectivity index (χ3v) is 13.1. The summed E-state index contributed by atoms with van der Waals surface area (Å²) in [5.41, 5.74) is 17.8. The lowest BCUT2D eigenvalue weighted by Crippen LogP contribution is -2.16. The van der Waals surface area contributed by atoms with E-state index in [1.165, 1.54) is 60.5 Å². The van der Waals surface area contributed by atoms with Gasteiger partial charge in [-0.15, -0.1) is 0 Å². The van der Waals surface area contributed by atoms with E-state index in [1.54, 1.807) is 0 Å². The summed E-state index contributed by atoms with van der Waals surface area (Å²) in [7, 11) is 0. The van der Waals surface area contributed by atoms with E-state index < -0.39 is 0 Å².